The lowest BCUT2D eigenvalue weighted by Gasteiger charge is -2.37. The quantitative estimate of drug-likeness (QED) is 0.726. The van der Waals surface area contributed by atoms with Crippen LogP contribution in [0.1, 0.15) is 19.8 Å². The van der Waals surface area contributed by atoms with Crippen molar-refractivity contribution in [2.75, 3.05) is 52.4 Å². The maximum atomic E-state index is 9.37. The molecule has 0 aromatic heterocycles. The normalized spacial score (nSPS) is 30.4. The Morgan fingerprint density at radius 2 is 1.94 bits per heavy atom. The fourth-order valence-corrected chi connectivity index (χ4v) is 2.97. The Labute approximate surface area is 105 Å². The predicted molar refractivity (Wildman–Crippen MR) is 70.2 cm³/mol. The number of rotatable bonds is 4. The number of piperazine rings is 1. The predicted octanol–water partition coefficient (Wildman–Crippen LogP) is -0.0156. The van der Waals surface area contributed by atoms with E-state index in [0.717, 1.165) is 25.6 Å². The van der Waals surface area contributed by atoms with E-state index in [1.807, 2.05) is 6.92 Å². The summed E-state index contributed by atoms with van der Waals surface area (Å²) >= 11 is 0. The first-order valence-electron chi connectivity index (χ1n) is 7.07. The maximum absolute atomic E-state index is 9.37. The van der Waals surface area contributed by atoms with Gasteiger partial charge in [-0.3, -0.25) is 4.90 Å². The first-order valence-corrected chi connectivity index (χ1v) is 7.07. The van der Waals surface area contributed by atoms with E-state index in [0.29, 0.717) is 0 Å². The number of hydrogen-bond donors (Lipinski definition) is 2. The first kappa shape index (κ1) is 13.3. The molecule has 0 aromatic carbocycles. The molecule has 2 atom stereocenters. The molecule has 100 valence electrons. The Bertz CT molecular complexity index is 209. The molecule has 2 rings (SSSR count). The molecule has 2 N–H and O–H groups in total. The van der Waals surface area contributed by atoms with Crippen LogP contribution in [0.5, 0.6) is 0 Å². The third-order valence-corrected chi connectivity index (χ3v) is 3.90. The van der Waals surface area contributed by atoms with Crippen LogP contribution in [0.4, 0.5) is 0 Å². The van der Waals surface area contributed by atoms with Gasteiger partial charge >= 0.3 is 0 Å². The van der Waals surface area contributed by atoms with Gasteiger partial charge in [-0.2, -0.15) is 0 Å². The largest absolute Gasteiger partial charge is 0.392 e. The molecule has 0 bridgehead atoms. The van der Waals surface area contributed by atoms with E-state index in [4.69, 9.17) is 0 Å². The summed E-state index contributed by atoms with van der Waals surface area (Å²) in [5.41, 5.74) is 0. The second kappa shape index (κ2) is 6.69. The standard InChI is InChI=1S/C13H27N3O/c1-12(17)10-15-5-7-16(8-6-15)11-13-3-2-4-14-9-13/h12-14,17H,2-11H2,1H3/t12-,13?/m0/s1. The number of hydrogen-bond acceptors (Lipinski definition) is 4. The molecular formula is C13H27N3O. The summed E-state index contributed by atoms with van der Waals surface area (Å²) in [4.78, 5) is 4.97. The third kappa shape index (κ3) is 4.54. The van der Waals surface area contributed by atoms with E-state index in [1.165, 1.54) is 45.6 Å². The van der Waals surface area contributed by atoms with Crippen LogP contribution in [0.2, 0.25) is 0 Å². The summed E-state index contributed by atoms with van der Waals surface area (Å²) in [5, 5.41) is 12.9. The lowest BCUT2D eigenvalue weighted by atomic mass is 9.99. The van der Waals surface area contributed by atoms with Crippen molar-refractivity contribution in [2.24, 2.45) is 5.92 Å². The first-order chi connectivity index (χ1) is 8.24. The van der Waals surface area contributed by atoms with Gasteiger partial charge in [0.25, 0.3) is 0 Å². The van der Waals surface area contributed by atoms with Gasteiger partial charge in [0.1, 0.15) is 0 Å². The average molecular weight is 241 g/mol. The van der Waals surface area contributed by atoms with E-state index >= 15 is 0 Å². The lowest BCUT2D eigenvalue weighted by molar-refractivity contribution is 0.0723. The minimum atomic E-state index is -0.191. The molecule has 2 saturated heterocycles. The van der Waals surface area contributed by atoms with Gasteiger partial charge in [-0.25, -0.2) is 0 Å². The number of aliphatic hydroxyl groups excluding tert-OH is 1. The Hall–Kier alpha value is -0.160. The smallest absolute Gasteiger partial charge is 0.0639 e. The molecule has 4 nitrogen and oxygen atoms in total. The molecule has 2 heterocycles. The van der Waals surface area contributed by atoms with Gasteiger partial charge in [0.2, 0.25) is 0 Å². The van der Waals surface area contributed by atoms with E-state index in [1.54, 1.807) is 0 Å². The fraction of sp³-hybridized carbons (Fsp3) is 1.00. The SMILES string of the molecule is C[C@H](O)CN1CCN(CC2CCCNC2)CC1. The van der Waals surface area contributed by atoms with Crippen molar-refractivity contribution < 1.29 is 5.11 Å². The van der Waals surface area contributed by atoms with E-state index in [-0.39, 0.29) is 6.10 Å². The molecule has 17 heavy (non-hydrogen) atoms. The van der Waals surface area contributed by atoms with Gasteiger partial charge in [0, 0.05) is 39.3 Å². The fourth-order valence-electron chi connectivity index (χ4n) is 2.97. The van der Waals surface area contributed by atoms with Crippen LogP contribution in [-0.2, 0) is 0 Å². The summed E-state index contributed by atoms with van der Waals surface area (Å²) in [6.07, 6.45) is 2.54. The summed E-state index contributed by atoms with van der Waals surface area (Å²) in [6, 6.07) is 0. The number of piperidine rings is 1. The average Bonchev–Trinajstić information content (AvgIpc) is 2.32. The molecule has 0 amide bonds. The van der Waals surface area contributed by atoms with Crippen LogP contribution < -0.4 is 5.32 Å². The Morgan fingerprint density at radius 3 is 2.53 bits per heavy atom. The molecule has 0 aromatic rings. The molecule has 1 unspecified atom stereocenters. The van der Waals surface area contributed by atoms with Crippen molar-refractivity contribution in [3.8, 4) is 0 Å². The second-order valence-corrected chi connectivity index (χ2v) is 5.66. The molecule has 2 aliphatic heterocycles. The highest BCUT2D eigenvalue weighted by molar-refractivity contribution is 4.78. The molecule has 0 saturated carbocycles. The second-order valence-electron chi connectivity index (χ2n) is 5.66. The van der Waals surface area contributed by atoms with Crippen molar-refractivity contribution in [3.05, 3.63) is 0 Å². The zero-order chi connectivity index (χ0) is 12.1. The Balaban J connectivity index is 1.64. The van der Waals surface area contributed by atoms with E-state index < -0.39 is 0 Å². The summed E-state index contributed by atoms with van der Waals surface area (Å²) in [6.45, 7) is 10.9. The molecule has 2 fully saturated rings. The van der Waals surface area contributed by atoms with Crippen molar-refractivity contribution in [1.29, 1.82) is 0 Å². The molecule has 0 spiro atoms. The highest BCUT2D eigenvalue weighted by Crippen LogP contribution is 2.13. The van der Waals surface area contributed by atoms with Gasteiger partial charge in [0.05, 0.1) is 6.10 Å². The molecular weight excluding hydrogens is 214 g/mol. The summed E-state index contributed by atoms with van der Waals surface area (Å²) in [7, 11) is 0. The van der Waals surface area contributed by atoms with Gasteiger partial charge < -0.3 is 15.3 Å². The van der Waals surface area contributed by atoms with Crippen LogP contribution in [-0.4, -0.2) is 73.4 Å². The molecule has 2 aliphatic rings. The lowest BCUT2D eigenvalue weighted by Crippen LogP contribution is -2.50. The summed E-state index contributed by atoms with van der Waals surface area (Å²) in [5.74, 6) is 0.854. The minimum Gasteiger partial charge on any atom is -0.392 e. The molecule has 4 heteroatoms. The van der Waals surface area contributed by atoms with Gasteiger partial charge in [-0.1, -0.05) is 0 Å². The topological polar surface area (TPSA) is 38.7 Å². The number of nitrogens with zero attached hydrogens (tertiary/aromatic N) is 2. The molecule has 0 radical (unpaired) electrons. The zero-order valence-electron chi connectivity index (χ0n) is 11.1. The highest BCUT2D eigenvalue weighted by Gasteiger charge is 2.21. The van der Waals surface area contributed by atoms with Gasteiger partial charge in [-0.15, -0.1) is 0 Å². The molecule has 0 aliphatic carbocycles. The van der Waals surface area contributed by atoms with E-state index in [9.17, 15) is 5.11 Å². The number of aliphatic hydroxyl groups is 1. The Kier molecular flexibility index (Phi) is 5.22. The van der Waals surface area contributed by atoms with Crippen LogP contribution >= 0.6 is 0 Å². The third-order valence-electron chi connectivity index (χ3n) is 3.90. The van der Waals surface area contributed by atoms with Crippen LogP contribution in [0, 0.1) is 5.92 Å². The van der Waals surface area contributed by atoms with E-state index in [2.05, 4.69) is 15.1 Å². The monoisotopic (exact) mass is 241 g/mol. The van der Waals surface area contributed by atoms with Crippen LogP contribution in [0.25, 0.3) is 0 Å². The van der Waals surface area contributed by atoms with Crippen LogP contribution in [0.3, 0.4) is 0 Å². The minimum absolute atomic E-state index is 0.191. The number of nitrogens with one attached hydrogen (secondary N) is 1. The zero-order valence-corrected chi connectivity index (χ0v) is 11.1. The van der Waals surface area contributed by atoms with Gasteiger partial charge in [-0.05, 0) is 38.8 Å². The van der Waals surface area contributed by atoms with Crippen LogP contribution in [0.15, 0.2) is 0 Å². The maximum Gasteiger partial charge on any atom is 0.0639 e. The van der Waals surface area contributed by atoms with Gasteiger partial charge in [0.15, 0.2) is 0 Å². The highest BCUT2D eigenvalue weighted by atomic mass is 16.3. The van der Waals surface area contributed by atoms with Crippen molar-refractivity contribution in [1.82, 2.24) is 15.1 Å². The number of β-amino-alcohol motifs (C(OH)–C–C–N with tert-alkyl or cyclic N) is 1. The summed E-state index contributed by atoms with van der Waals surface area (Å²) < 4.78 is 0. The van der Waals surface area contributed by atoms with Crippen molar-refractivity contribution in [2.45, 2.75) is 25.9 Å². The van der Waals surface area contributed by atoms with Crippen molar-refractivity contribution >= 4 is 0 Å². The van der Waals surface area contributed by atoms with Crippen molar-refractivity contribution in [3.63, 3.8) is 0 Å². The Morgan fingerprint density at radius 1 is 1.24 bits per heavy atom.